The predicted octanol–water partition coefficient (Wildman–Crippen LogP) is 3.89. The number of ketones is 1. The van der Waals surface area contributed by atoms with Gasteiger partial charge < -0.3 is 5.11 Å². The zero-order valence-electron chi connectivity index (χ0n) is 16.5. The van der Waals surface area contributed by atoms with E-state index in [0.29, 0.717) is 0 Å². The third-order valence-electron chi connectivity index (χ3n) is 4.45. The first-order valence-corrected chi connectivity index (χ1v) is 9.99. The molecule has 0 aliphatic rings. The van der Waals surface area contributed by atoms with E-state index in [1.807, 2.05) is 0 Å². The van der Waals surface area contributed by atoms with Crippen LogP contribution in [-0.2, 0) is 30.4 Å². The summed E-state index contributed by atoms with van der Waals surface area (Å²) in [5.74, 6) is -1.29. The second-order valence-corrected chi connectivity index (χ2v) is 7.62. The van der Waals surface area contributed by atoms with Gasteiger partial charge in [-0.05, 0) is 56.5 Å². The molecule has 0 atom stereocenters. The minimum atomic E-state index is -4.69. The summed E-state index contributed by atoms with van der Waals surface area (Å²) in [4.78, 5) is 16.6. The van der Waals surface area contributed by atoms with Gasteiger partial charge in [-0.25, -0.2) is 14.0 Å². The summed E-state index contributed by atoms with van der Waals surface area (Å²) in [6.45, 7) is -0.794. The highest BCUT2D eigenvalue weighted by Gasteiger charge is 2.33. The Morgan fingerprint density at radius 3 is 2.55 bits per heavy atom. The Morgan fingerprint density at radius 1 is 1.15 bits per heavy atom. The van der Waals surface area contributed by atoms with Gasteiger partial charge in [-0.2, -0.15) is 13.2 Å². The minimum absolute atomic E-state index is 0.0236. The third-order valence-corrected chi connectivity index (χ3v) is 5.05. The third kappa shape index (κ3) is 6.00. The van der Waals surface area contributed by atoms with Crippen molar-refractivity contribution in [2.75, 3.05) is 0 Å². The maximum Gasteiger partial charge on any atom is 0.416 e. The molecule has 1 aromatic heterocycles. The Balaban J connectivity index is 1.80. The van der Waals surface area contributed by atoms with E-state index < -0.39 is 29.9 Å². The lowest BCUT2D eigenvalue weighted by Gasteiger charge is -2.13. The molecule has 0 bridgehead atoms. The topological polar surface area (TPSA) is 121 Å². The number of rotatable bonds is 7. The molecule has 33 heavy (non-hydrogen) atoms. The second kappa shape index (κ2) is 10.2. The van der Waals surface area contributed by atoms with Crippen LogP contribution in [0.4, 0.5) is 23.2 Å². The smallest absolute Gasteiger partial charge is 0.392 e. The summed E-state index contributed by atoms with van der Waals surface area (Å²) in [7, 11) is 0. The van der Waals surface area contributed by atoms with Crippen molar-refractivity contribution in [3.63, 3.8) is 0 Å². The summed E-state index contributed by atoms with van der Waals surface area (Å²) in [5.41, 5.74) is 0.659. The number of nitrogens with zero attached hydrogens (tertiary/aromatic N) is 3. The molecule has 2 aromatic carbocycles. The van der Waals surface area contributed by atoms with Crippen molar-refractivity contribution in [1.82, 2.24) is 15.8 Å². The Labute approximate surface area is 192 Å². The van der Waals surface area contributed by atoms with Gasteiger partial charge in [0.1, 0.15) is 17.3 Å². The molecule has 174 valence electrons. The van der Waals surface area contributed by atoms with Gasteiger partial charge in [0.15, 0.2) is 11.5 Å². The van der Waals surface area contributed by atoms with Crippen molar-refractivity contribution in [3.05, 3.63) is 74.8 Å². The number of aliphatic hydroxyl groups excluding tert-OH is 1. The number of benzene rings is 2. The monoisotopic (exact) mass is 530 g/mol. The molecule has 0 spiro atoms. The molecule has 0 aliphatic carbocycles. The normalized spacial score (nSPS) is 12.2. The molecule has 3 aromatic rings. The molecule has 0 aliphatic heterocycles. The first kappa shape index (κ1) is 24.5. The SMILES string of the molecule is O=C(Cc1ccc(CO)c(C(F)(F)F)c1)Cc1nonc1C(=Nc1ccc(F)c(Br)c1)NO. The lowest BCUT2D eigenvalue weighted by molar-refractivity contribution is -0.138. The fraction of sp³-hybridized carbons (Fsp3) is 0.200. The molecule has 3 N–H and O–H groups in total. The van der Waals surface area contributed by atoms with Crippen LogP contribution < -0.4 is 5.48 Å². The van der Waals surface area contributed by atoms with Crippen LogP contribution in [0, 0.1) is 5.82 Å². The average Bonchev–Trinajstić information content (AvgIpc) is 3.21. The fourth-order valence-electron chi connectivity index (χ4n) is 2.93. The van der Waals surface area contributed by atoms with Gasteiger partial charge >= 0.3 is 6.18 Å². The van der Waals surface area contributed by atoms with Gasteiger partial charge in [0.2, 0.25) is 0 Å². The average molecular weight is 531 g/mol. The molecule has 0 radical (unpaired) electrons. The number of amidine groups is 1. The summed E-state index contributed by atoms with van der Waals surface area (Å²) >= 11 is 3.01. The highest BCUT2D eigenvalue weighted by atomic mass is 79.9. The quantitative estimate of drug-likeness (QED) is 0.183. The van der Waals surface area contributed by atoms with E-state index in [1.165, 1.54) is 18.2 Å². The van der Waals surface area contributed by atoms with Gasteiger partial charge in [0, 0.05) is 6.42 Å². The number of hydroxylamine groups is 1. The van der Waals surface area contributed by atoms with Crippen LogP contribution in [0.15, 0.2) is 50.5 Å². The van der Waals surface area contributed by atoms with Crippen LogP contribution in [0.2, 0.25) is 0 Å². The number of nitrogens with one attached hydrogen (secondary N) is 1. The zero-order chi connectivity index (χ0) is 24.2. The number of hydrogen-bond acceptors (Lipinski definition) is 7. The molecule has 0 amide bonds. The first-order valence-electron chi connectivity index (χ1n) is 9.19. The van der Waals surface area contributed by atoms with Crippen molar-refractivity contribution in [3.8, 4) is 0 Å². The van der Waals surface area contributed by atoms with Crippen molar-refractivity contribution in [2.45, 2.75) is 25.6 Å². The number of Topliss-reactive ketones (excluding diaryl/α,β-unsaturated/α-hetero) is 1. The lowest BCUT2D eigenvalue weighted by Crippen LogP contribution is -2.23. The lowest BCUT2D eigenvalue weighted by atomic mass is 9.99. The summed E-state index contributed by atoms with van der Waals surface area (Å²) in [6, 6.07) is 7.02. The Morgan fingerprint density at radius 2 is 1.91 bits per heavy atom. The number of aliphatic imine (C=N–C) groups is 1. The summed E-state index contributed by atoms with van der Waals surface area (Å²) in [5, 5.41) is 25.8. The molecule has 0 unspecified atom stereocenters. The number of aromatic nitrogens is 2. The molecule has 8 nitrogen and oxygen atoms in total. The molecule has 3 rings (SSSR count). The summed E-state index contributed by atoms with van der Waals surface area (Å²) in [6.07, 6.45) is -5.42. The van der Waals surface area contributed by atoms with Crippen LogP contribution in [0.25, 0.3) is 0 Å². The minimum Gasteiger partial charge on any atom is -0.392 e. The highest BCUT2D eigenvalue weighted by Crippen LogP contribution is 2.33. The molecule has 1 heterocycles. The van der Waals surface area contributed by atoms with Crippen LogP contribution in [0.3, 0.4) is 0 Å². The first-order chi connectivity index (χ1) is 15.6. The maximum atomic E-state index is 13.4. The summed E-state index contributed by atoms with van der Waals surface area (Å²) < 4.78 is 57.7. The molecule has 0 saturated heterocycles. The second-order valence-electron chi connectivity index (χ2n) is 6.77. The number of carbonyl (C=O) groups excluding carboxylic acids is 1. The van der Waals surface area contributed by atoms with Gasteiger partial charge in [-0.1, -0.05) is 17.3 Å². The highest BCUT2D eigenvalue weighted by molar-refractivity contribution is 9.10. The van der Waals surface area contributed by atoms with E-state index in [4.69, 9.17) is 5.11 Å². The molecular weight excluding hydrogens is 516 g/mol. The van der Waals surface area contributed by atoms with Crippen LogP contribution in [0.5, 0.6) is 0 Å². The van der Waals surface area contributed by atoms with Crippen molar-refractivity contribution >= 4 is 33.2 Å². The standard InChI is InChI=1S/C20H15BrF4N4O4/c21-15-7-12(3-4-16(15)22)26-19(27-32)18-17(28-33-29-18)8-13(31)5-10-1-2-11(9-30)14(6-10)20(23,24)25/h1-4,6-7,30,32H,5,8-9H2,(H,26,27). The van der Waals surface area contributed by atoms with E-state index in [0.717, 1.165) is 18.2 Å². The van der Waals surface area contributed by atoms with Gasteiger partial charge in [-0.3, -0.25) is 15.5 Å². The number of hydrogen-bond donors (Lipinski definition) is 3. The van der Waals surface area contributed by atoms with Gasteiger partial charge in [-0.15, -0.1) is 0 Å². The van der Waals surface area contributed by atoms with Crippen LogP contribution >= 0.6 is 15.9 Å². The van der Waals surface area contributed by atoms with E-state index >= 15 is 0 Å². The van der Waals surface area contributed by atoms with E-state index in [1.54, 1.807) is 5.48 Å². The van der Waals surface area contributed by atoms with Gasteiger partial charge in [0.05, 0.1) is 28.8 Å². The predicted molar refractivity (Wildman–Crippen MR) is 109 cm³/mol. The maximum absolute atomic E-state index is 13.4. The fourth-order valence-corrected chi connectivity index (χ4v) is 3.30. The Bertz CT molecular complexity index is 1200. The Kier molecular flexibility index (Phi) is 7.56. The van der Waals surface area contributed by atoms with E-state index in [2.05, 4.69) is 35.9 Å². The Hall–Kier alpha value is -3.16. The largest absolute Gasteiger partial charge is 0.416 e. The number of carbonyl (C=O) groups is 1. The van der Waals surface area contributed by atoms with Crippen molar-refractivity contribution in [2.24, 2.45) is 4.99 Å². The number of alkyl halides is 3. The molecule has 13 heteroatoms. The molecule has 0 fully saturated rings. The van der Waals surface area contributed by atoms with E-state index in [9.17, 15) is 27.6 Å². The van der Waals surface area contributed by atoms with Crippen molar-refractivity contribution in [1.29, 1.82) is 0 Å². The van der Waals surface area contributed by atoms with E-state index in [-0.39, 0.29) is 51.4 Å². The number of aliphatic hydroxyl groups is 1. The van der Waals surface area contributed by atoms with Gasteiger partial charge in [0.25, 0.3) is 0 Å². The molecular formula is C20H15BrF4N4O4. The van der Waals surface area contributed by atoms with Crippen molar-refractivity contribution < 1.29 is 37.3 Å². The number of halogens is 5. The van der Waals surface area contributed by atoms with Crippen LogP contribution in [0.1, 0.15) is 28.1 Å². The molecule has 0 saturated carbocycles. The van der Waals surface area contributed by atoms with Crippen LogP contribution in [-0.4, -0.2) is 32.2 Å². The zero-order valence-corrected chi connectivity index (χ0v) is 18.1.